The van der Waals surface area contributed by atoms with Gasteiger partial charge in [0.1, 0.15) is 5.82 Å². The van der Waals surface area contributed by atoms with Crippen molar-refractivity contribution >= 4 is 17.5 Å². The second kappa shape index (κ2) is 4.21. The molecule has 2 atom stereocenters. The summed E-state index contributed by atoms with van der Waals surface area (Å²) in [6, 6.07) is 4.58. The summed E-state index contributed by atoms with van der Waals surface area (Å²) in [5.74, 6) is -0.619. The summed E-state index contributed by atoms with van der Waals surface area (Å²) < 4.78 is 13.7. The Bertz CT molecular complexity index is 482. The van der Waals surface area contributed by atoms with E-state index in [4.69, 9.17) is 16.7 Å². The van der Waals surface area contributed by atoms with Crippen LogP contribution in [0.25, 0.3) is 0 Å². The molecular weight excluding hydrogens is 257 g/mol. The van der Waals surface area contributed by atoms with E-state index >= 15 is 0 Å². The zero-order chi connectivity index (χ0) is 12.9. The van der Waals surface area contributed by atoms with Crippen LogP contribution in [0.15, 0.2) is 18.2 Å². The lowest BCUT2D eigenvalue weighted by atomic mass is 10.1. The molecule has 1 heterocycles. The molecule has 1 saturated carbocycles. The topological polar surface area (TPSA) is 40.5 Å². The minimum atomic E-state index is -0.400. The largest absolute Gasteiger partial charge is 0.389 e. The van der Waals surface area contributed by atoms with Gasteiger partial charge in [-0.25, -0.2) is 4.39 Å². The number of carbonyl (C=O) groups is 1. The fourth-order valence-corrected chi connectivity index (χ4v) is 2.82. The third-order valence-electron chi connectivity index (χ3n) is 3.65. The average molecular weight is 270 g/mol. The van der Waals surface area contributed by atoms with Gasteiger partial charge in [0.15, 0.2) is 0 Å². The van der Waals surface area contributed by atoms with Crippen LogP contribution in [0.5, 0.6) is 0 Å². The quantitative estimate of drug-likeness (QED) is 0.889. The second-order valence-corrected chi connectivity index (χ2v) is 5.39. The lowest BCUT2D eigenvalue weighted by Gasteiger charge is -2.36. The van der Waals surface area contributed by atoms with E-state index in [1.54, 1.807) is 17.0 Å². The SMILES string of the molecule is O=C(C1CC1c1c(F)cccc1Cl)N1CC(O)C1. The molecule has 0 bridgehead atoms. The minimum absolute atomic E-state index is 0.00428. The highest BCUT2D eigenvalue weighted by atomic mass is 35.5. The van der Waals surface area contributed by atoms with Gasteiger partial charge in [-0.15, -0.1) is 0 Å². The van der Waals surface area contributed by atoms with Crippen molar-refractivity contribution in [2.75, 3.05) is 13.1 Å². The summed E-state index contributed by atoms with van der Waals surface area (Å²) in [7, 11) is 0. The fraction of sp³-hybridized carbons (Fsp3) is 0.462. The van der Waals surface area contributed by atoms with Crippen molar-refractivity contribution in [1.82, 2.24) is 4.90 Å². The number of likely N-dealkylation sites (tertiary alicyclic amines) is 1. The summed E-state index contributed by atoms with van der Waals surface area (Å²) >= 11 is 5.98. The van der Waals surface area contributed by atoms with E-state index in [2.05, 4.69) is 0 Å². The van der Waals surface area contributed by atoms with Crippen LogP contribution in [-0.2, 0) is 4.79 Å². The van der Waals surface area contributed by atoms with Crippen molar-refractivity contribution in [3.63, 3.8) is 0 Å². The van der Waals surface area contributed by atoms with Crippen LogP contribution in [0.3, 0.4) is 0 Å². The number of rotatable bonds is 2. The van der Waals surface area contributed by atoms with Crippen LogP contribution in [0.2, 0.25) is 5.02 Å². The van der Waals surface area contributed by atoms with E-state index in [-0.39, 0.29) is 23.6 Å². The van der Waals surface area contributed by atoms with Gasteiger partial charge in [0.05, 0.1) is 6.10 Å². The normalized spacial score (nSPS) is 26.9. The third-order valence-corrected chi connectivity index (χ3v) is 3.98. The summed E-state index contributed by atoms with van der Waals surface area (Å²) in [5, 5.41) is 9.55. The van der Waals surface area contributed by atoms with Gasteiger partial charge in [-0.05, 0) is 18.6 Å². The molecule has 3 rings (SSSR count). The number of hydrogen-bond donors (Lipinski definition) is 1. The van der Waals surface area contributed by atoms with Crippen LogP contribution in [0.1, 0.15) is 17.9 Å². The second-order valence-electron chi connectivity index (χ2n) is 4.98. The molecule has 1 N–H and O–H groups in total. The van der Waals surface area contributed by atoms with Gasteiger partial charge >= 0.3 is 0 Å². The Morgan fingerprint density at radius 2 is 2.17 bits per heavy atom. The highest BCUT2D eigenvalue weighted by molar-refractivity contribution is 6.31. The van der Waals surface area contributed by atoms with Gasteiger partial charge in [-0.3, -0.25) is 4.79 Å². The van der Waals surface area contributed by atoms with Crippen LogP contribution in [0, 0.1) is 11.7 Å². The first-order chi connectivity index (χ1) is 8.58. The molecule has 1 aromatic carbocycles. The Hall–Kier alpha value is -1.13. The van der Waals surface area contributed by atoms with Gasteiger partial charge in [0.2, 0.25) is 5.91 Å². The highest BCUT2D eigenvalue weighted by Crippen LogP contribution is 2.51. The van der Waals surface area contributed by atoms with Gasteiger partial charge < -0.3 is 10.0 Å². The molecule has 0 radical (unpaired) electrons. The van der Waals surface area contributed by atoms with Crippen molar-refractivity contribution in [1.29, 1.82) is 0 Å². The Kier molecular flexibility index (Phi) is 2.79. The van der Waals surface area contributed by atoms with E-state index in [0.29, 0.717) is 30.1 Å². The Morgan fingerprint density at radius 3 is 2.78 bits per heavy atom. The monoisotopic (exact) mass is 269 g/mol. The first kappa shape index (κ1) is 11.9. The third kappa shape index (κ3) is 1.89. The van der Waals surface area contributed by atoms with Crippen LogP contribution < -0.4 is 0 Å². The van der Waals surface area contributed by atoms with E-state index in [0.717, 1.165) is 0 Å². The first-order valence-corrected chi connectivity index (χ1v) is 6.36. The highest BCUT2D eigenvalue weighted by Gasteiger charge is 2.49. The van der Waals surface area contributed by atoms with Gasteiger partial charge in [0, 0.05) is 35.5 Å². The van der Waals surface area contributed by atoms with E-state index in [1.165, 1.54) is 6.07 Å². The van der Waals surface area contributed by atoms with Crippen molar-refractivity contribution < 1.29 is 14.3 Å². The summed E-state index contributed by atoms with van der Waals surface area (Å²) in [6.45, 7) is 0.792. The maximum Gasteiger partial charge on any atom is 0.226 e. The van der Waals surface area contributed by atoms with Gasteiger partial charge in [0.25, 0.3) is 0 Å². The van der Waals surface area contributed by atoms with E-state index in [1.807, 2.05) is 0 Å². The molecule has 5 heteroatoms. The van der Waals surface area contributed by atoms with Crippen molar-refractivity contribution in [2.24, 2.45) is 5.92 Å². The molecule has 1 amide bonds. The van der Waals surface area contributed by atoms with Gasteiger partial charge in [-0.2, -0.15) is 0 Å². The van der Waals surface area contributed by atoms with Crippen LogP contribution >= 0.6 is 11.6 Å². The minimum Gasteiger partial charge on any atom is -0.389 e. The molecular formula is C13H13ClFNO2. The predicted octanol–water partition coefficient (Wildman–Crippen LogP) is 1.79. The number of amides is 1. The lowest BCUT2D eigenvalue weighted by molar-refractivity contribution is -0.142. The zero-order valence-electron chi connectivity index (χ0n) is 9.64. The average Bonchev–Trinajstić information content (AvgIpc) is 3.04. The maximum atomic E-state index is 13.7. The summed E-state index contributed by atoms with van der Waals surface area (Å²) in [4.78, 5) is 13.6. The molecule has 1 aliphatic heterocycles. The number of carbonyl (C=O) groups excluding carboxylic acids is 1. The first-order valence-electron chi connectivity index (χ1n) is 5.98. The molecule has 1 aliphatic carbocycles. The zero-order valence-corrected chi connectivity index (χ0v) is 10.4. The number of benzene rings is 1. The smallest absolute Gasteiger partial charge is 0.226 e. The molecule has 96 valence electrons. The van der Waals surface area contributed by atoms with Crippen LogP contribution in [0.4, 0.5) is 4.39 Å². The van der Waals surface area contributed by atoms with Crippen molar-refractivity contribution in [3.8, 4) is 0 Å². The number of hydrogen-bond acceptors (Lipinski definition) is 2. The number of aliphatic hydroxyl groups excluding tert-OH is 1. The fourth-order valence-electron chi connectivity index (χ4n) is 2.52. The maximum absolute atomic E-state index is 13.7. The van der Waals surface area contributed by atoms with E-state index < -0.39 is 6.10 Å². The van der Waals surface area contributed by atoms with E-state index in [9.17, 15) is 9.18 Å². The Balaban J connectivity index is 1.72. The number of aliphatic hydroxyl groups is 1. The molecule has 2 unspecified atom stereocenters. The Labute approximate surface area is 109 Å². The molecule has 1 aromatic rings. The molecule has 3 nitrogen and oxygen atoms in total. The molecule has 0 aromatic heterocycles. The van der Waals surface area contributed by atoms with Gasteiger partial charge in [-0.1, -0.05) is 17.7 Å². The summed E-state index contributed by atoms with van der Waals surface area (Å²) in [5.41, 5.74) is 0.457. The summed E-state index contributed by atoms with van der Waals surface area (Å²) in [6.07, 6.45) is 0.245. The molecule has 2 aliphatic rings. The van der Waals surface area contributed by atoms with Crippen molar-refractivity contribution in [3.05, 3.63) is 34.6 Å². The van der Waals surface area contributed by atoms with Crippen molar-refractivity contribution in [2.45, 2.75) is 18.4 Å². The molecule has 18 heavy (non-hydrogen) atoms. The molecule has 2 fully saturated rings. The standard InChI is InChI=1S/C13H13ClFNO2/c14-10-2-1-3-11(15)12(10)8-4-9(8)13(18)16-5-7(17)6-16/h1-3,7-9,17H,4-6H2. The predicted molar refractivity (Wildman–Crippen MR) is 64.8 cm³/mol. The van der Waals surface area contributed by atoms with Crippen LogP contribution in [-0.4, -0.2) is 35.1 Å². The number of nitrogens with zero attached hydrogens (tertiary/aromatic N) is 1. The lowest BCUT2D eigenvalue weighted by Crippen LogP contribution is -2.54. The molecule has 1 saturated heterocycles. The Morgan fingerprint density at radius 1 is 1.44 bits per heavy atom. The molecule has 0 spiro atoms. The number of halogens is 2. The number of β-amino-alcohol motifs (C(OH)–C–C–N with tert-alkyl or cyclic N) is 1.